The summed E-state index contributed by atoms with van der Waals surface area (Å²) in [5.41, 5.74) is 1.95. The van der Waals surface area contributed by atoms with E-state index in [1.54, 1.807) is 0 Å². The zero-order chi connectivity index (χ0) is 10.6. The third kappa shape index (κ3) is 2.73. The van der Waals surface area contributed by atoms with Crippen LogP contribution in [0.1, 0.15) is 26.8 Å². The molecule has 0 aliphatic rings. The summed E-state index contributed by atoms with van der Waals surface area (Å²) in [7, 11) is 1.40. The fourth-order valence-corrected chi connectivity index (χ4v) is 2.37. The molecule has 0 saturated carbocycles. The molecule has 14 heavy (non-hydrogen) atoms. The second kappa shape index (κ2) is 5.38. The van der Waals surface area contributed by atoms with Gasteiger partial charge in [-0.05, 0) is 0 Å². The molecule has 0 radical (unpaired) electrons. The number of methoxy groups -OCH3 is 1. The molecule has 0 aromatic heterocycles. The van der Waals surface area contributed by atoms with Gasteiger partial charge in [-0.15, -0.1) is 0 Å². The predicted molar refractivity (Wildman–Crippen MR) is 57.8 cm³/mol. The Labute approximate surface area is 94.7 Å². The van der Waals surface area contributed by atoms with Gasteiger partial charge in [0.2, 0.25) is 0 Å². The van der Waals surface area contributed by atoms with Crippen LogP contribution < -0.4 is 0 Å². The van der Waals surface area contributed by atoms with Gasteiger partial charge in [-0.1, -0.05) is 0 Å². The number of carbonyl (C=O) groups excluding carboxylic acids is 1. The summed E-state index contributed by atoms with van der Waals surface area (Å²) in [6.07, 6.45) is 0. The van der Waals surface area contributed by atoms with Crippen LogP contribution in [0.15, 0.2) is 24.3 Å². The topological polar surface area (TPSA) is 26.3 Å². The number of hydrogen-bond donors (Lipinski definition) is 0. The first kappa shape index (κ1) is 11.6. The van der Waals surface area contributed by atoms with E-state index < -0.39 is 0 Å². The van der Waals surface area contributed by atoms with Crippen LogP contribution in [-0.2, 0) is 4.74 Å². The zero-order valence-corrected chi connectivity index (χ0v) is 10.9. The molecule has 0 aliphatic carbocycles. The molecule has 1 aromatic carbocycles. The van der Waals surface area contributed by atoms with E-state index in [-0.39, 0.29) is 26.9 Å². The van der Waals surface area contributed by atoms with Gasteiger partial charge < -0.3 is 0 Å². The molecule has 1 unspecified atom stereocenters. The summed E-state index contributed by atoms with van der Waals surface area (Å²) >= 11 is 0.0588. The van der Waals surface area contributed by atoms with Crippen molar-refractivity contribution in [3.8, 4) is 0 Å². The number of rotatable bonds is 3. The number of benzene rings is 1. The molecule has 1 rings (SSSR count). The molecule has 0 bridgehead atoms. The van der Waals surface area contributed by atoms with Crippen LogP contribution in [0.2, 0.25) is 4.97 Å². The summed E-state index contributed by atoms with van der Waals surface area (Å²) in [5.74, 6) is -0.267. The second-order valence-electron chi connectivity index (χ2n) is 2.99. The molecule has 0 aliphatic heterocycles. The van der Waals surface area contributed by atoms with E-state index in [4.69, 9.17) is 0 Å². The molecule has 0 fully saturated rings. The number of ether oxygens (including phenoxy) is 1. The Morgan fingerprint density at radius 1 is 1.36 bits per heavy atom. The second-order valence-corrected chi connectivity index (χ2v) is 6.36. The third-order valence-electron chi connectivity index (χ3n) is 2.15. The van der Waals surface area contributed by atoms with Gasteiger partial charge in [0.1, 0.15) is 0 Å². The van der Waals surface area contributed by atoms with Gasteiger partial charge in [0, 0.05) is 0 Å². The Kier molecular flexibility index (Phi) is 4.44. The molecule has 0 amide bonds. The fraction of sp³-hybridized carbons (Fsp3) is 0.364. The summed E-state index contributed by atoms with van der Waals surface area (Å²) in [5, 5.41) is 0. The van der Waals surface area contributed by atoms with Gasteiger partial charge in [-0.2, -0.15) is 0 Å². The SMILES string of the molecule is COC(=O)c1ccc(C(C)[Te]C)cc1. The van der Waals surface area contributed by atoms with Gasteiger partial charge in [-0.3, -0.25) is 0 Å². The van der Waals surface area contributed by atoms with Crippen molar-refractivity contribution in [1.82, 2.24) is 0 Å². The first-order valence-corrected chi connectivity index (χ1v) is 8.07. The molecule has 0 N–H and O–H groups in total. The Morgan fingerprint density at radius 3 is 2.36 bits per heavy atom. The van der Waals surface area contributed by atoms with Crippen LogP contribution >= 0.6 is 0 Å². The van der Waals surface area contributed by atoms with Crippen LogP contribution in [0.3, 0.4) is 0 Å². The van der Waals surface area contributed by atoms with Crippen molar-refractivity contribution in [3.05, 3.63) is 35.4 Å². The Hall–Kier alpha value is -0.520. The minimum absolute atomic E-state index is 0.0588. The van der Waals surface area contributed by atoms with Gasteiger partial charge in [-0.25, -0.2) is 0 Å². The Bertz CT molecular complexity index is 306. The van der Waals surface area contributed by atoms with Gasteiger partial charge in [0.05, 0.1) is 0 Å². The summed E-state index contributed by atoms with van der Waals surface area (Å²) in [6, 6.07) is 7.71. The van der Waals surface area contributed by atoms with Crippen LogP contribution in [0, 0.1) is 0 Å². The van der Waals surface area contributed by atoms with Crippen molar-refractivity contribution in [3.63, 3.8) is 0 Å². The molecule has 0 heterocycles. The van der Waals surface area contributed by atoms with Crippen molar-refractivity contribution >= 4 is 26.9 Å². The number of esters is 1. The standard InChI is InChI=1S/C11H14O2Te/c1-8(14-3)9-4-6-10(7-5-9)11(12)13-2/h4-8H,1-3H3. The van der Waals surface area contributed by atoms with E-state index >= 15 is 0 Å². The van der Waals surface area contributed by atoms with Gasteiger partial charge in [0.15, 0.2) is 0 Å². The van der Waals surface area contributed by atoms with Crippen molar-refractivity contribution < 1.29 is 9.53 Å². The van der Waals surface area contributed by atoms with E-state index in [1.807, 2.05) is 24.3 Å². The van der Waals surface area contributed by atoms with Gasteiger partial charge >= 0.3 is 94.8 Å². The molecule has 1 atom stereocenters. The third-order valence-corrected chi connectivity index (χ3v) is 4.95. The Balaban J connectivity index is 2.83. The summed E-state index contributed by atoms with van der Waals surface area (Å²) in [6.45, 7) is 2.23. The average Bonchev–Trinajstić information content (AvgIpc) is 2.27. The number of carbonyl (C=O) groups is 1. The number of hydrogen-bond acceptors (Lipinski definition) is 2. The van der Waals surface area contributed by atoms with Crippen LogP contribution in [-0.4, -0.2) is 34.0 Å². The fourth-order valence-electron chi connectivity index (χ4n) is 1.14. The minimum atomic E-state index is -0.267. The summed E-state index contributed by atoms with van der Waals surface area (Å²) in [4.78, 5) is 13.4. The monoisotopic (exact) mass is 308 g/mol. The first-order chi connectivity index (χ1) is 6.69. The van der Waals surface area contributed by atoms with E-state index in [2.05, 4.69) is 16.6 Å². The maximum atomic E-state index is 11.2. The average molecular weight is 306 g/mol. The van der Waals surface area contributed by atoms with Gasteiger partial charge in [0.25, 0.3) is 0 Å². The van der Waals surface area contributed by atoms with Crippen LogP contribution in [0.4, 0.5) is 0 Å². The molecule has 1 aromatic rings. The predicted octanol–water partition coefficient (Wildman–Crippen LogP) is 2.29. The summed E-state index contributed by atoms with van der Waals surface area (Å²) < 4.78 is 5.31. The molecule has 3 heteroatoms. The first-order valence-electron chi connectivity index (χ1n) is 4.40. The molecule has 76 valence electrons. The van der Waals surface area contributed by atoms with Crippen molar-refractivity contribution in [1.29, 1.82) is 0 Å². The molecule has 2 nitrogen and oxygen atoms in total. The van der Waals surface area contributed by atoms with E-state index in [0.29, 0.717) is 9.53 Å². The maximum absolute atomic E-state index is 11.2. The molecular formula is C11H14O2Te. The van der Waals surface area contributed by atoms with Crippen molar-refractivity contribution in [2.24, 2.45) is 0 Å². The van der Waals surface area contributed by atoms with E-state index in [1.165, 1.54) is 12.7 Å². The molecular weight excluding hydrogens is 292 g/mol. The normalized spacial score (nSPS) is 12.2. The van der Waals surface area contributed by atoms with E-state index in [9.17, 15) is 4.79 Å². The Morgan fingerprint density at radius 2 is 1.93 bits per heavy atom. The van der Waals surface area contributed by atoms with Crippen molar-refractivity contribution in [2.75, 3.05) is 7.11 Å². The molecule has 0 spiro atoms. The van der Waals surface area contributed by atoms with Crippen molar-refractivity contribution in [2.45, 2.75) is 15.9 Å². The molecule has 0 saturated heterocycles. The van der Waals surface area contributed by atoms with E-state index in [0.717, 1.165) is 0 Å². The van der Waals surface area contributed by atoms with Crippen LogP contribution in [0.5, 0.6) is 0 Å². The van der Waals surface area contributed by atoms with Crippen LogP contribution in [0.25, 0.3) is 0 Å². The quantitative estimate of drug-likeness (QED) is 0.633. The zero-order valence-electron chi connectivity index (χ0n) is 8.61.